The highest BCUT2D eigenvalue weighted by atomic mass is 16.7. The van der Waals surface area contributed by atoms with Crippen molar-refractivity contribution < 1.29 is 57.5 Å². The zero-order chi connectivity index (χ0) is 43.7. The lowest BCUT2D eigenvalue weighted by atomic mass is 9.73. The number of likely N-dealkylation sites (N-methyl/N-ethyl adjacent to an activating group) is 1. The number of ketones is 1. The highest BCUT2D eigenvalue weighted by Gasteiger charge is 2.61. The van der Waals surface area contributed by atoms with Crippen molar-refractivity contribution in [2.24, 2.45) is 34.7 Å². The molecule has 2 N–H and O–H groups in total. The van der Waals surface area contributed by atoms with Crippen molar-refractivity contribution in [3.8, 4) is 0 Å². The molecular weight excluding hydrogens is 776 g/mol. The van der Waals surface area contributed by atoms with Crippen LogP contribution in [0.5, 0.6) is 0 Å². The molecule has 334 valence electrons. The van der Waals surface area contributed by atoms with E-state index in [2.05, 4.69) is 10.5 Å². The van der Waals surface area contributed by atoms with Crippen molar-refractivity contribution in [1.82, 2.24) is 15.1 Å². The highest BCUT2D eigenvalue weighted by molar-refractivity contribution is 5.94. The van der Waals surface area contributed by atoms with Crippen LogP contribution in [0.15, 0.2) is 35.5 Å². The standard InChI is InChI=1S/C44H66N4O12/c1-11-33-44(8)37-26(4)34(49)24(2)20-43(7)38(59-41-35(50)32(47(9)10)19-25(3)57-41)27(5)36(28(6)40(52)58-33)54-22-30(23-55-43)31(21-48(37)42(53)60-44)46-56-18-17-45-39(51)29-15-13-12-14-16-29/h12-16,24-28,30,32-33,35-38,41,50H,11,17-23H2,1-10H3,(H,45,51)/b46-31-/t24-,25-,26+,27+,28-,30?,32+,33-,35-,36+,37+,38-,41+,43?,44?/m1/s1. The molecule has 16 nitrogen and oxygen atoms in total. The van der Waals surface area contributed by atoms with Gasteiger partial charge in [0.2, 0.25) is 0 Å². The first-order chi connectivity index (χ1) is 28.4. The third-order valence-electron chi connectivity index (χ3n) is 13.5. The van der Waals surface area contributed by atoms with Crippen LogP contribution < -0.4 is 5.32 Å². The van der Waals surface area contributed by atoms with Crippen LogP contribution in [0.1, 0.15) is 85.0 Å². The lowest BCUT2D eigenvalue weighted by Crippen LogP contribution is -2.61. The summed E-state index contributed by atoms with van der Waals surface area (Å²) < 4.78 is 39.6. The molecule has 5 fully saturated rings. The minimum atomic E-state index is -1.41. The van der Waals surface area contributed by atoms with Crippen molar-refractivity contribution >= 4 is 29.5 Å². The Morgan fingerprint density at radius 1 is 1.05 bits per heavy atom. The van der Waals surface area contributed by atoms with Crippen molar-refractivity contribution in [2.75, 3.05) is 47.0 Å². The van der Waals surface area contributed by atoms with Gasteiger partial charge in [0.15, 0.2) is 11.9 Å². The largest absolute Gasteiger partial charge is 0.458 e. The van der Waals surface area contributed by atoms with E-state index < -0.39 is 89.6 Å². The Morgan fingerprint density at radius 2 is 1.77 bits per heavy atom. The normalized spacial score (nSPS) is 40.9. The molecule has 0 aliphatic carbocycles. The second kappa shape index (κ2) is 18.7. The summed E-state index contributed by atoms with van der Waals surface area (Å²) in [5.74, 6) is -4.41. The van der Waals surface area contributed by atoms with Crippen LogP contribution >= 0.6 is 0 Å². The number of esters is 1. The number of Topliss-reactive ketones (excluding diaryl/α,β-unsaturated/α-hetero) is 1. The number of oxime groups is 1. The molecule has 5 saturated heterocycles. The molecular formula is C44H66N4O12. The molecule has 0 radical (unpaired) electrons. The van der Waals surface area contributed by atoms with Crippen molar-refractivity contribution in [3.05, 3.63) is 35.9 Å². The maximum atomic E-state index is 14.8. The van der Waals surface area contributed by atoms with Gasteiger partial charge in [-0.2, -0.15) is 0 Å². The van der Waals surface area contributed by atoms with E-state index in [9.17, 15) is 24.3 Å². The van der Waals surface area contributed by atoms with Crippen molar-refractivity contribution in [1.29, 1.82) is 0 Å². The molecule has 2 amide bonds. The summed E-state index contributed by atoms with van der Waals surface area (Å²) in [5.41, 5.74) is -1.73. The number of fused-ring (bicyclic) bond motifs is 5. The van der Waals surface area contributed by atoms with E-state index in [1.807, 2.05) is 59.7 Å². The van der Waals surface area contributed by atoms with Crippen LogP contribution in [0.3, 0.4) is 0 Å². The van der Waals surface area contributed by atoms with Gasteiger partial charge in [0.05, 0.1) is 67.9 Å². The monoisotopic (exact) mass is 842 g/mol. The fraction of sp³-hybridized carbons (Fsp3) is 0.750. The zero-order valence-electron chi connectivity index (χ0n) is 36.8. The number of amides is 2. The summed E-state index contributed by atoms with van der Waals surface area (Å²) >= 11 is 0. The van der Waals surface area contributed by atoms with E-state index in [4.69, 9.17) is 33.3 Å². The Morgan fingerprint density at radius 3 is 2.45 bits per heavy atom. The number of hydrogen-bond acceptors (Lipinski definition) is 14. The maximum Gasteiger partial charge on any atom is 0.411 e. The van der Waals surface area contributed by atoms with Gasteiger partial charge in [-0.05, 0) is 73.2 Å². The molecule has 0 spiro atoms. The zero-order valence-corrected chi connectivity index (χ0v) is 36.8. The number of carbonyl (C=O) groups is 4. The molecule has 6 rings (SSSR count). The number of aliphatic hydroxyl groups excluding tert-OH is 1. The number of ether oxygens (including phenoxy) is 6. The maximum absolute atomic E-state index is 14.8. The number of carbonyl (C=O) groups excluding carboxylic acids is 4. The van der Waals surface area contributed by atoms with E-state index in [0.717, 1.165) is 0 Å². The van der Waals surface area contributed by atoms with Gasteiger partial charge < -0.3 is 48.6 Å². The van der Waals surface area contributed by atoms with Crippen LogP contribution in [-0.4, -0.2) is 151 Å². The van der Waals surface area contributed by atoms with Gasteiger partial charge >= 0.3 is 12.1 Å². The predicted molar refractivity (Wildman–Crippen MR) is 219 cm³/mol. The third-order valence-corrected chi connectivity index (χ3v) is 13.5. The number of rotatable bonds is 9. The molecule has 5 aliphatic rings. The Kier molecular flexibility index (Phi) is 14.3. The highest BCUT2D eigenvalue weighted by Crippen LogP contribution is 2.45. The van der Waals surface area contributed by atoms with E-state index in [1.165, 1.54) is 4.90 Å². The van der Waals surface area contributed by atoms with E-state index in [0.29, 0.717) is 24.1 Å². The summed E-state index contributed by atoms with van der Waals surface area (Å²) in [5, 5.41) is 19.1. The summed E-state index contributed by atoms with van der Waals surface area (Å²) in [6.45, 7) is 14.8. The average molecular weight is 843 g/mol. The van der Waals surface area contributed by atoms with E-state index in [1.54, 1.807) is 45.0 Å². The third kappa shape index (κ3) is 9.24. The van der Waals surface area contributed by atoms with Crippen LogP contribution in [0.4, 0.5) is 4.79 Å². The molecule has 0 aromatic heterocycles. The van der Waals surface area contributed by atoms with Gasteiger partial charge in [-0.1, -0.05) is 51.0 Å². The molecule has 5 aliphatic heterocycles. The molecule has 16 heteroatoms. The first-order valence-electron chi connectivity index (χ1n) is 21.6. The lowest BCUT2D eigenvalue weighted by Gasteiger charge is -2.48. The van der Waals surface area contributed by atoms with Gasteiger partial charge in [0, 0.05) is 35.3 Å². The SMILES string of the molecule is CC[C@H]1OC(=O)[C@H](C)[C@H]2OCC3COC(C)(C[C@@H](C)C(=O)[C@H](C)[C@@H]4N(C/C3=N/OCCNC(=O)c3ccccc3)C(=O)OC41C)[C@H](O[C@@H]1O[C@H](C)C[C@H](N(C)C)[C@H]1O)[C@H]2C. The minimum Gasteiger partial charge on any atom is -0.458 e. The number of aliphatic hydroxyl groups is 1. The molecule has 60 heavy (non-hydrogen) atoms. The molecule has 1 aromatic rings. The second-order valence-electron chi connectivity index (χ2n) is 18.2. The van der Waals surface area contributed by atoms with Crippen LogP contribution in [0.25, 0.3) is 0 Å². The smallest absolute Gasteiger partial charge is 0.411 e. The molecule has 0 saturated carbocycles. The van der Waals surface area contributed by atoms with Gasteiger partial charge in [-0.25, -0.2) is 4.79 Å². The van der Waals surface area contributed by atoms with Gasteiger partial charge in [-0.3, -0.25) is 19.3 Å². The Balaban J connectivity index is 1.45. The quantitative estimate of drug-likeness (QED) is 0.208. The summed E-state index contributed by atoms with van der Waals surface area (Å²) in [7, 11) is 3.81. The first-order valence-corrected chi connectivity index (χ1v) is 21.6. The van der Waals surface area contributed by atoms with E-state index in [-0.39, 0.29) is 63.2 Å². The number of nitrogens with zero attached hydrogens (tertiary/aromatic N) is 3. The first kappa shape index (κ1) is 45.8. The fourth-order valence-corrected chi connectivity index (χ4v) is 10.2. The lowest BCUT2D eigenvalue weighted by molar-refractivity contribution is -0.302. The van der Waals surface area contributed by atoms with Gasteiger partial charge in [0.25, 0.3) is 5.91 Å². The number of cyclic esters (lactones) is 1. The van der Waals surface area contributed by atoms with Gasteiger partial charge in [-0.15, -0.1) is 0 Å². The molecule has 1 aromatic carbocycles. The van der Waals surface area contributed by atoms with Gasteiger partial charge in [0.1, 0.15) is 24.6 Å². The topological polar surface area (TPSA) is 184 Å². The average Bonchev–Trinajstić information content (AvgIpc) is 3.49. The number of nitrogens with one attached hydrogen (secondary N) is 1. The number of hydrogen-bond donors (Lipinski definition) is 2. The van der Waals surface area contributed by atoms with E-state index >= 15 is 0 Å². The van der Waals surface area contributed by atoms with Crippen LogP contribution in [-0.2, 0) is 42.8 Å². The fourth-order valence-electron chi connectivity index (χ4n) is 10.2. The van der Waals surface area contributed by atoms with Crippen molar-refractivity contribution in [3.63, 3.8) is 0 Å². The minimum absolute atomic E-state index is 0.00520. The Bertz CT molecular complexity index is 1730. The van der Waals surface area contributed by atoms with Crippen LogP contribution in [0.2, 0.25) is 0 Å². The molecule has 6 bridgehead atoms. The van der Waals surface area contributed by atoms with Crippen LogP contribution in [0, 0.1) is 29.6 Å². The second-order valence-corrected chi connectivity index (χ2v) is 18.2. The summed E-state index contributed by atoms with van der Waals surface area (Å²) in [4.78, 5) is 65.4. The Hall–Kier alpha value is -3.67. The van der Waals surface area contributed by atoms with Crippen molar-refractivity contribution in [2.45, 2.75) is 135 Å². The predicted octanol–water partition coefficient (Wildman–Crippen LogP) is 3.82. The number of benzene rings is 1. The molecule has 15 atom stereocenters. The summed E-state index contributed by atoms with van der Waals surface area (Å²) in [6.07, 6.45) is -4.53. The summed E-state index contributed by atoms with van der Waals surface area (Å²) in [6, 6.07) is 7.70. The Labute approximate surface area is 353 Å². The molecule has 5 heterocycles. The molecule has 3 unspecified atom stereocenters.